The second-order valence-corrected chi connectivity index (χ2v) is 5.16. The van der Waals surface area contributed by atoms with Gasteiger partial charge in [0, 0.05) is 15.6 Å². The third-order valence-corrected chi connectivity index (χ3v) is 4.31. The summed E-state index contributed by atoms with van der Waals surface area (Å²) >= 11 is 3.59. The molecule has 16 heavy (non-hydrogen) atoms. The van der Waals surface area contributed by atoms with Crippen LogP contribution in [0.3, 0.4) is 0 Å². The van der Waals surface area contributed by atoms with Crippen LogP contribution in [0.1, 0.15) is 42.1 Å². The maximum absolute atomic E-state index is 10.2. The van der Waals surface area contributed by atoms with E-state index < -0.39 is 0 Å². The van der Waals surface area contributed by atoms with Gasteiger partial charge in [0.25, 0.3) is 0 Å². The molecule has 3 heteroatoms. The number of fused-ring (bicyclic) bond motifs is 1. The molecule has 0 aromatic heterocycles. The highest BCUT2D eigenvalue weighted by molar-refractivity contribution is 9.10. The van der Waals surface area contributed by atoms with Crippen molar-refractivity contribution in [2.45, 2.75) is 38.7 Å². The van der Waals surface area contributed by atoms with Gasteiger partial charge in [0.15, 0.2) is 0 Å². The molecule has 1 aromatic carbocycles. The molecule has 0 bridgehead atoms. The molecule has 0 saturated carbocycles. The third-order valence-electron chi connectivity index (χ3n) is 3.26. The number of rotatable bonds is 1. The Bertz CT molecular complexity index is 401. The van der Waals surface area contributed by atoms with Gasteiger partial charge in [0.1, 0.15) is 5.75 Å². The van der Waals surface area contributed by atoms with E-state index in [9.17, 15) is 5.11 Å². The van der Waals surface area contributed by atoms with Gasteiger partial charge in [-0.25, -0.2) is 0 Å². The molecule has 88 valence electrons. The van der Waals surface area contributed by atoms with Crippen LogP contribution in [-0.2, 0) is 6.42 Å². The van der Waals surface area contributed by atoms with Crippen molar-refractivity contribution >= 4 is 15.9 Å². The summed E-state index contributed by atoms with van der Waals surface area (Å²) in [5.74, 6) is 0.914. The number of halogens is 1. The zero-order chi connectivity index (χ0) is 11.7. The molecule has 1 N–H and O–H groups in total. The minimum atomic E-state index is -0.360. The van der Waals surface area contributed by atoms with E-state index in [4.69, 9.17) is 4.74 Å². The fraction of sp³-hybridized carbons (Fsp3) is 0.538. The van der Waals surface area contributed by atoms with Crippen molar-refractivity contribution in [2.75, 3.05) is 7.11 Å². The quantitative estimate of drug-likeness (QED) is 0.800. The summed E-state index contributed by atoms with van der Waals surface area (Å²) in [6, 6.07) is 2.04. The van der Waals surface area contributed by atoms with Gasteiger partial charge in [-0.1, -0.05) is 22.4 Å². The molecule has 2 rings (SSSR count). The highest BCUT2D eigenvalue weighted by atomic mass is 79.9. The molecule has 1 aliphatic rings. The molecule has 0 radical (unpaired) electrons. The third kappa shape index (κ3) is 1.98. The van der Waals surface area contributed by atoms with Gasteiger partial charge in [-0.15, -0.1) is 0 Å². The van der Waals surface area contributed by atoms with Crippen molar-refractivity contribution in [3.63, 3.8) is 0 Å². The van der Waals surface area contributed by atoms with E-state index in [1.54, 1.807) is 7.11 Å². The van der Waals surface area contributed by atoms with Crippen molar-refractivity contribution < 1.29 is 9.84 Å². The first-order valence-electron chi connectivity index (χ1n) is 5.69. The largest absolute Gasteiger partial charge is 0.496 e. The Morgan fingerprint density at radius 2 is 2.19 bits per heavy atom. The Morgan fingerprint density at radius 3 is 2.88 bits per heavy atom. The lowest BCUT2D eigenvalue weighted by Crippen LogP contribution is -2.04. The molecule has 2 nitrogen and oxygen atoms in total. The Kier molecular flexibility index (Phi) is 3.55. The fourth-order valence-electron chi connectivity index (χ4n) is 2.40. The van der Waals surface area contributed by atoms with Gasteiger partial charge in [0.2, 0.25) is 0 Å². The summed E-state index contributed by atoms with van der Waals surface area (Å²) in [6.45, 7) is 2.03. The minimum Gasteiger partial charge on any atom is -0.496 e. The lowest BCUT2D eigenvalue weighted by Gasteiger charge is -2.18. The van der Waals surface area contributed by atoms with Crippen LogP contribution < -0.4 is 4.74 Å². The first kappa shape index (κ1) is 11.9. The van der Waals surface area contributed by atoms with Crippen LogP contribution in [-0.4, -0.2) is 12.2 Å². The Labute approximate surface area is 105 Å². The zero-order valence-electron chi connectivity index (χ0n) is 9.72. The lowest BCUT2D eigenvalue weighted by molar-refractivity contribution is 0.165. The molecule has 0 spiro atoms. The topological polar surface area (TPSA) is 29.5 Å². The number of hydrogen-bond acceptors (Lipinski definition) is 2. The van der Waals surface area contributed by atoms with Crippen molar-refractivity contribution in [1.82, 2.24) is 0 Å². The highest BCUT2D eigenvalue weighted by Crippen LogP contribution is 2.40. The van der Waals surface area contributed by atoms with Crippen LogP contribution in [0, 0.1) is 6.92 Å². The van der Waals surface area contributed by atoms with Crippen molar-refractivity contribution in [3.8, 4) is 5.75 Å². The van der Waals surface area contributed by atoms with Crippen LogP contribution in [0.5, 0.6) is 5.75 Å². The van der Waals surface area contributed by atoms with Crippen LogP contribution in [0.15, 0.2) is 10.5 Å². The van der Waals surface area contributed by atoms with Gasteiger partial charge in [0.05, 0.1) is 13.2 Å². The molecule has 1 atom stereocenters. The number of hydrogen-bond donors (Lipinski definition) is 1. The monoisotopic (exact) mass is 284 g/mol. The second kappa shape index (κ2) is 4.76. The normalized spacial score (nSPS) is 20.1. The van der Waals surface area contributed by atoms with E-state index in [2.05, 4.69) is 15.9 Å². The summed E-state index contributed by atoms with van der Waals surface area (Å²) in [5, 5.41) is 10.2. The SMILES string of the molecule is COc1cc(C)c(Br)c2c1CCCC[C@@H]2O. The fourth-order valence-corrected chi connectivity index (χ4v) is 3.01. The van der Waals surface area contributed by atoms with Gasteiger partial charge < -0.3 is 9.84 Å². The van der Waals surface area contributed by atoms with Crippen LogP contribution in [0.2, 0.25) is 0 Å². The van der Waals surface area contributed by atoms with Crippen LogP contribution >= 0.6 is 15.9 Å². The second-order valence-electron chi connectivity index (χ2n) is 4.36. The first-order chi connectivity index (χ1) is 7.65. The van der Waals surface area contributed by atoms with Crippen molar-refractivity contribution in [3.05, 3.63) is 27.2 Å². The number of aliphatic hydroxyl groups is 1. The van der Waals surface area contributed by atoms with E-state index in [0.717, 1.165) is 47.0 Å². The smallest absolute Gasteiger partial charge is 0.122 e. The number of ether oxygens (including phenoxy) is 1. The Hall–Kier alpha value is -0.540. The summed E-state index contributed by atoms with van der Waals surface area (Å²) < 4.78 is 6.46. The van der Waals surface area contributed by atoms with Crippen molar-refractivity contribution in [2.24, 2.45) is 0 Å². The lowest BCUT2D eigenvalue weighted by atomic mass is 9.97. The maximum atomic E-state index is 10.2. The Morgan fingerprint density at radius 1 is 1.44 bits per heavy atom. The summed E-state index contributed by atoms with van der Waals surface area (Å²) in [7, 11) is 1.69. The standard InChI is InChI=1S/C13H17BrO2/c1-8-7-11(16-2)9-5-3-4-6-10(15)12(9)13(8)14/h7,10,15H,3-6H2,1-2H3/t10-/m0/s1. The maximum Gasteiger partial charge on any atom is 0.122 e. The molecule has 1 aliphatic carbocycles. The van der Waals surface area contributed by atoms with Crippen LogP contribution in [0.25, 0.3) is 0 Å². The molecule has 0 saturated heterocycles. The van der Waals surface area contributed by atoms with Gasteiger partial charge in [-0.2, -0.15) is 0 Å². The zero-order valence-corrected chi connectivity index (χ0v) is 11.3. The van der Waals surface area contributed by atoms with E-state index in [0.29, 0.717) is 0 Å². The van der Waals surface area contributed by atoms with E-state index in [1.807, 2.05) is 13.0 Å². The van der Waals surface area contributed by atoms with Gasteiger partial charge in [-0.05, 0) is 37.8 Å². The number of aryl methyl sites for hydroxylation is 1. The molecule has 0 aliphatic heterocycles. The average Bonchev–Trinajstić information content (AvgIpc) is 2.46. The molecule has 1 aromatic rings. The van der Waals surface area contributed by atoms with Gasteiger partial charge in [-0.3, -0.25) is 0 Å². The van der Waals surface area contributed by atoms with E-state index in [-0.39, 0.29) is 6.10 Å². The molecule has 0 fully saturated rings. The molecule has 0 unspecified atom stereocenters. The van der Waals surface area contributed by atoms with E-state index >= 15 is 0 Å². The molecule has 0 heterocycles. The Balaban J connectivity index is 2.63. The summed E-state index contributed by atoms with van der Waals surface area (Å²) in [6.07, 6.45) is 3.67. The van der Waals surface area contributed by atoms with Crippen molar-refractivity contribution in [1.29, 1.82) is 0 Å². The molecule has 0 amide bonds. The molecular formula is C13H17BrO2. The van der Waals surface area contributed by atoms with Crippen LogP contribution in [0.4, 0.5) is 0 Å². The predicted molar refractivity (Wildman–Crippen MR) is 67.9 cm³/mol. The highest BCUT2D eigenvalue weighted by Gasteiger charge is 2.23. The van der Waals surface area contributed by atoms with Gasteiger partial charge >= 0.3 is 0 Å². The predicted octanol–water partition coefficient (Wildman–Crippen LogP) is 3.53. The number of benzene rings is 1. The number of methoxy groups -OCH3 is 1. The average molecular weight is 285 g/mol. The van der Waals surface area contributed by atoms with E-state index in [1.165, 1.54) is 5.56 Å². The minimum absolute atomic E-state index is 0.360. The summed E-state index contributed by atoms with van der Waals surface area (Å²) in [5.41, 5.74) is 3.33. The first-order valence-corrected chi connectivity index (χ1v) is 6.48. The molecular weight excluding hydrogens is 268 g/mol. The summed E-state index contributed by atoms with van der Waals surface area (Å²) in [4.78, 5) is 0. The number of aliphatic hydroxyl groups excluding tert-OH is 1.